The maximum atomic E-state index is 12.0. The van der Waals surface area contributed by atoms with Gasteiger partial charge in [-0.2, -0.15) is 0 Å². The Bertz CT molecular complexity index is 97.8. The maximum Gasteiger partial charge on any atom is 0.348 e. The first kappa shape index (κ1) is 8.71. The van der Waals surface area contributed by atoms with Crippen molar-refractivity contribution >= 4 is 17.7 Å². The Morgan fingerprint density at radius 1 is 1.78 bits per heavy atom. The van der Waals surface area contributed by atoms with Crippen molar-refractivity contribution in [2.45, 2.75) is 5.50 Å². The number of aliphatic carboxylic acids is 1. The fourth-order valence-electron chi connectivity index (χ4n) is 0.227. The molecule has 0 aromatic rings. The van der Waals surface area contributed by atoms with Gasteiger partial charge in [0.25, 0.3) is 0 Å². The molecule has 5 heteroatoms. The van der Waals surface area contributed by atoms with E-state index in [2.05, 4.69) is 0 Å². The maximum absolute atomic E-state index is 12.0. The van der Waals surface area contributed by atoms with Crippen LogP contribution in [0.15, 0.2) is 0 Å². The summed E-state index contributed by atoms with van der Waals surface area (Å²) in [5.74, 6) is -1.37. The van der Waals surface area contributed by atoms with E-state index in [9.17, 15) is 9.18 Å². The highest BCUT2D eigenvalue weighted by atomic mass is 32.2. The predicted molar refractivity (Wildman–Crippen MR) is 32.1 cm³/mol. The normalized spacial score (nSPS) is 13.1. The second-order valence-electron chi connectivity index (χ2n) is 1.25. The van der Waals surface area contributed by atoms with Crippen molar-refractivity contribution < 1.29 is 19.4 Å². The number of carbonyl (C=O) groups is 1. The average Bonchev–Trinajstić information content (AvgIpc) is 1.82. The molecule has 1 atom stereocenters. The van der Waals surface area contributed by atoms with E-state index >= 15 is 0 Å². The molecule has 1 unspecified atom stereocenters. The van der Waals surface area contributed by atoms with Gasteiger partial charge in [0.05, 0.1) is 6.61 Å². The van der Waals surface area contributed by atoms with E-state index in [0.717, 1.165) is 0 Å². The van der Waals surface area contributed by atoms with Crippen LogP contribution >= 0.6 is 11.8 Å². The van der Waals surface area contributed by atoms with Gasteiger partial charge in [0.15, 0.2) is 0 Å². The molecule has 0 aliphatic rings. The highest BCUT2D eigenvalue weighted by molar-refractivity contribution is 8.00. The number of thioether (sulfide) groups is 1. The standard InChI is InChI=1S/C4H7FO3S/c5-3(4(7)8)9-2-1-6/h3,6H,1-2H2,(H,7,8). The number of alkyl halides is 1. The molecule has 0 amide bonds. The first-order chi connectivity index (χ1) is 4.18. The summed E-state index contributed by atoms with van der Waals surface area (Å²) in [7, 11) is 0. The lowest BCUT2D eigenvalue weighted by molar-refractivity contribution is -0.139. The highest BCUT2D eigenvalue weighted by Crippen LogP contribution is 2.10. The Labute approximate surface area is 55.9 Å². The lowest BCUT2D eigenvalue weighted by Gasteiger charge is -1.98. The Morgan fingerprint density at radius 3 is 2.67 bits per heavy atom. The number of rotatable bonds is 4. The van der Waals surface area contributed by atoms with E-state index in [1.54, 1.807) is 0 Å². The first-order valence-corrected chi connectivity index (χ1v) is 3.32. The van der Waals surface area contributed by atoms with E-state index in [1.807, 2.05) is 0 Å². The molecule has 3 nitrogen and oxygen atoms in total. The van der Waals surface area contributed by atoms with Crippen LogP contribution in [-0.4, -0.2) is 34.0 Å². The number of carboxylic acids is 1. The van der Waals surface area contributed by atoms with E-state index in [0.29, 0.717) is 11.8 Å². The Kier molecular flexibility index (Phi) is 4.43. The minimum atomic E-state index is -1.91. The molecule has 0 aliphatic heterocycles. The Hall–Kier alpha value is -0.290. The molecular weight excluding hydrogens is 147 g/mol. The molecule has 0 saturated carbocycles. The van der Waals surface area contributed by atoms with Crippen LogP contribution in [0.3, 0.4) is 0 Å². The van der Waals surface area contributed by atoms with Gasteiger partial charge in [-0.1, -0.05) is 0 Å². The Morgan fingerprint density at radius 2 is 2.33 bits per heavy atom. The summed E-state index contributed by atoms with van der Waals surface area (Å²) in [6, 6.07) is 0. The van der Waals surface area contributed by atoms with Crippen molar-refractivity contribution in [2.24, 2.45) is 0 Å². The summed E-state index contributed by atoms with van der Waals surface area (Å²) in [5, 5.41) is 16.0. The van der Waals surface area contributed by atoms with Gasteiger partial charge in [0, 0.05) is 5.75 Å². The molecule has 9 heavy (non-hydrogen) atoms. The van der Waals surface area contributed by atoms with E-state index in [-0.39, 0.29) is 12.4 Å². The van der Waals surface area contributed by atoms with E-state index in [4.69, 9.17) is 10.2 Å². The van der Waals surface area contributed by atoms with Crippen molar-refractivity contribution in [1.29, 1.82) is 0 Å². The zero-order valence-electron chi connectivity index (χ0n) is 4.58. The third-order valence-corrected chi connectivity index (χ3v) is 1.46. The second kappa shape index (κ2) is 4.58. The molecule has 0 spiro atoms. The SMILES string of the molecule is O=C(O)C(F)SCCO. The summed E-state index contributed by atoms with van der Waals surface area (Å²) in [6.45, 7) is -0.196. The van der Waals surface area contributed by atoms with Crippen LogP contribution in [0, 0.1) is 0 Å². The van der Waals surface area contributed by atoms with Crippen molar-refractivity contribution in [3.05, 3.63) is 0 Å². The summed E-state index contributed by atoms with van der Waals surface area (Å²) < 4.78 is 12.0. The van der Waals surface area contributed by atoms with Crippen molar-refractivity contribution in [2.75, 3.05) is 12.4 Å². The first-order valence-electron chi connectivity index (χ1n) is 2.28. The quantitative estimate of drug-likeness (QED) is 0.602. The van der Waals surface area contributed by atoms with E-state index < -0.39 is 11.5 Å². The minimum Gasteiger partial charge on any atom is -0.478 e. The Balaban J connectivity index is 3.27. The largest absolute Gasteiger partial charge is 0.478 e. The van der Waals surface area contributed by atoms with E-state index in [1.165, 1.54) is 0 Å². The lowest BCUT2D eigenvalue weighted by Crippen LogP contribution is -2.11. The molecule has 0 rings (SSSR count). The number of hydrogen-bond donors (Lipinski definition) is 2. The molecule has 2 N–H and O–H groups in total. The van der Waals surface area contributed by atoms with Crippen molar-refractivity contribution in [3.63, 3.8) is 0 Å². The van der Waals surface area contributed by atoms with Gasteiger partial charge in [0.2, 0.25) is 5.50 Å². The smallest absolute Gasteiger partial charge is 0.348 e. The van der Waals surface area contributed by atoms with Crippen molar-refractivity contribution in [1.82, 2.24) is 0 Å². The minimum absolute atomic E-state index is 0.119. The molecule has 0 saturated heterocycles. The molecule has 0 heterocycles. The van der Waals surface area contributed by atoms with Crippen LogP contribution in [0.5, 0.6) is 0 Å². The molecule has 54 valence electrons. The fourth-order valence-corrected chi connectivity index (χ4v) is 0.682. The second-order valence-corrected chi connectivity index (χ2v) is 2.40. The van der Waals surface area contributed by atoms with Crippen LogP contribution in [0.25, 0.3) is 0 Å². The van der Waals surface area contributed by atoms with Gasteiger partial charge in [-0.25, -0.2) is 9.18 Å². The van der Waals surface area contributed by atoms with Gasteiger partial charge >= 0.3 is 5.97 Å². The number of halogens is 1. The third-order valence-electron chi connectivity index (χ3n) is 0.550. The van der Waals surface area contributed by atoms with Gasteiger partial charge in [0.1, 0.15) is 0 Å². The number of aliphatic hydroxyl groups is 1. The molecular formula is C4H7FO3S. The monoisotopic (exact) mass is 154 g/mol. The summed E-state index contributed by atoms with van der Waals surface area (Å²) in [5.41, 5.74) is -1.91. The van der Waals surface area contributed by atoms with Gasteiger partial charge in [-0.15, -0.1) is 11.8 Å². The summed E-state index contributed by atoms with van der Waals surface area (Å²) >= 11 is 0.568. The number of carboxylic acid groups (broad SMARTS) is 1. The van der Waals surface area contributed by atoms with Gasteiger partial charge < -0.3 is 10.2 Å². The molecule has 0 aromatic carbocycles. The van der Waals surface area contributed by atoms with Gasteiger partial charge in [-0.05, 0) is 0 Å². The average molecular weight is 154 g/mol. The van der Waals surface area contributed by atoms with Crippen LogP contribution in [0.2, 0.25) is 0 Å². The number of aliphatic hydroxyl groups excluding tert-OH is 1. The van der Waals surface area contributed by atoms with Crippen LogP contribution in [0.4, 0.5) is 4.39 Å². The molecule has 0 aliphatic carbocycles. The molecule has 0 radical (unpaired) electrons. The van der Waals surface area contributed by atoms with Crippen molar-refractivity contribution in [3.8, 4) is 0 Å². The van der Waals surface area contributed by atoms with Crippen LogP contribution < -0.4 is 0 Å². The molecule has 0 bridgehead atoms. The third kappa shape index (κ3) is 4.23. The number of hydrogen-bond acceptors (Lipinski definition) is 3. The van der Waals surface area contributed by atoms with Gasteiger partial charge in [-0.3, -0.25) is 0 Å². The summed E-state index contributed by atoms with van der Waals surface area (Å²) in [4.78, 5) is 9.73. The zero-order chi connectivity index (χ0) is 7.28. The highest BCUT2D eigenvalue weighted by Gasteiger charge is 2.14. The zero-order valence-corrected chi connectivity index (χ0v) is 5.40. The topological polar surface area (TPSA) is 57.5 Å². The lowest BCUT2D eigenvalue weighted by atomic mass is 10.8. The fraction of sp³-hybridized carbons (Fsp3) is 0.750. The van der Waals surface area contributed by atoms with Crippen LogP contribution in [0.1, 0.15) is 0 Å². The van der Waals surface area contributed by atoms with Crippen LogP contribution in [-0.2, 0) is 4.79 Å². The predicted octanol–water partition coefficient (Wildman–Crippen LogP) is 0.0921. The molecule has 0 fully saturated rings. The molecule has 0 aromatic heterocycles. The summed E-state index contributed by atoms with van der Waals surface area (Å²) in [6.07, 6.45) is 0.